The van der Waals surface area contributed by atoms with Gasteiger partial charge in [-0.1, -0.05) is 0 Å². The number of nitrogens with zero attached hydrogens (tertiary/aromatic N) is 2. The summed E-state index contributed by atoms with van der Waals surface area (Å²) < 4.78 is 2.33. The molecule has 0 bridgehead atoms. The normalized spacial score (nSPS) is 18.9. The van der Waals surface area contributed by atoms with Gasteiger partial charge in [0.25, 0.3) is 0 Å². The van der Waals surface area contributed by atoms with Gasteiger partial charge in [-0.15, -0.1) is 0 Å². The number of carbonyl (C=O) groups is 1. The Morgan fingerprint density at radius 1 is 1.53 bits per heavy atom. The monoisotopic (exact) mass is 300 g/mol. The van der Waals surface area contributed by atoms with Crippen molar-refractivity contribution in [2.75, 3.05) is 0 Å². The molecule has 0 atom stereocenters. The average molecular weight is 301 g/mol. The second kappa shape index (κ2) is 4.53. The molecule has 0 aromatic carbocycles. The van der Waals surface area contributed by atoms with Crippen molar-refractivity contribution in [1.82, 2.24) is 9.78 Å². The number of hydrogen-bond acceptors (Lipinski definition) is 3. The van der Waals surface area contributed by atoms with Crippen molar-refractivity contribution >= 4 is 21.7 Å². The van der Waals surface area contributed by atoms with Crippen LogP contribution in [0, 0.1) is 0 Å². The number of ketones is 1. The van der Waals surface area contributed by atoms with Crippen molar-refractivity contribution < 1.29 is 9.90 Å². The molecule has 0 spiro atoms. The Bertz CT molecular complexity index is 434. The Morgan fingerprint density at radius 3 is 2.65 bits per heavy atom. The van der Waals surface area contributed by atoms with Gasteiger partial charge in [0.05, 0.1) is 10.7 Å². The lowest BCUT2D eigenvalue weighted by atomic mass is 9.94. The maximum Gasteiger partial charge on any atom is 0.213 e. The summed E-state index contributed by atoms with van der Waals surface area (Å²) in [4.78, 5) is 12.4. The molecule has 1 heterocycles. The molecule has 1 N–H and O–H groups in total. The van der Waals surface area contributed by atoms with Gasteiger partial charge < -0.3 is 5.11 Å². The summed E-state index contributed by atoms with van der Waals surface area (Å²) in [6.45, 7) is 3.93. The first-order valence-electron chi connectivity index (χ1n) is 5.96. The van der Waals surface area contributed by atoms with Crippen LogP contribution in [0.25, 0.3) is 0 Å². The van der Waals surface area contributed by atoms with E-state index in [2.05, 4.69) is 21.0 Å². The van der Waals surface area contributed by atoms with E-state index in [-0.39, 0.29) is 11.8 Å². The van der Waals surface area contributed by atoms with Crippen molar-refractivity contribution in [2.24, 2.45) is 0 Å². The molecule has 0 unspecified atom stereocenters. The zero-order chi connectivity index (χ0) is 12.6. The first-order chi connectivity index (χ1) is 7.96. The Labute approximate surface area is 109 Å². The maximum atomic E-state index is 12.4. The highest BCUT2D eigenvalue weighted by atomic mass is 79.9. The SMILES string of the molecule is CC(C)n1ncc(Br)c1C(=O)C1(O)CCCC1. The van der Waals surface area contributed by atoms with Gasteiger partial charge in [0, 0.05) is 6.04 Å². The molecule has 94 valence electrons. The van der Waals surface area contributed by atoms with E-state index in [4.69, 9.17) is 0 Å². The number of rotatable bonds is 3. The minimum absolute atomic E-state index is 0.102. The van der Waals surface area contributed by atoms with Crippen LogP contribution < -0.4 is 0 Å². The van der Waals surface area contributed by atoms with E-state index in [1.54, 1.807) is 10.9 Å². The highest BCUT2D eigenvalue weighted by Crippen LogP contribution is 2.34. The van der Waals surface area contributed by atoms with Gasteiger partial charge in [0.1, 0.15) is 11.3 Å². The van der Waals surface area contributed by atoms with Crippen molar-refractivity contribution in [3.05, 3.63) is 16.4 Å². The summed E-state index contributed by atoms with van der Waals surface area (Å²) in [5.74, 6) is -0.201. The van der Waals surface area contributed by atoms with E-state index in [1.807, 2.05) is 13.8 Å². The molecule has 4 nitrogen and oxygen atoms in total. The zero-order valence-corrected chi connectivity index (χ0v) is 11.7. The smallest absolute Gasteiger partial charge is 0.213 e. The fraction of sp³-hybridized carbons (Fsp3) is 0.667. The van der Waals surface area contributed by atoms with E-state index in [0.29, 0.717) is 23.0 Å². The molecule has 1 saturated carbocycles. The van der Waals surface area contributed by atoms with Gasteiger partial charge in [-0.3, -0.25) is 9.48 Å². The highest BCUT2D eigenvalue weighted by Gasteiger charge is 2.41. The number of aliphatic hydroxyl groups is 1. The molecule has 1 aliphatic carbocycles. The van der Waals surface area contributed by atoms with Gasteiger partial charge in [-0.2, -0.15) is 5.10 Å². The fourth-order valence-corrected chi connectivity index (χ4v) is 2.81. The molecule has 0 radical (unpaired) electrons. The molecular weight excluding hydrogens is 284 g/mol. The lowest BCUT2D eigenvalue weighted by Gasteiger charge is -2.22. The summed E-state index contributed by atoms with van der Waals surface area (Å²) in [6, 6.07) is 0.102. The average Bonchev–Trinajstić information content (AvgIpc) is 2.85. The topological polar surface area (TPSA) is 55.1 Å². The lowest BCUT2D eigenvalue weighted by Crippen LogP contribution is -2.37. The number of Topliss-reactive ketones (excluding diaryl/α,β-unsaturated/α-hetero) is 1. The van der Waals surface area contributed by atoms with Gasteiger partial charge in [-0.25, -0.2) is 0 Å². The Kier molecular flexibility index (Phi) is 3.41. The Hall–Kier alpha value is -0.680. The van der Waals surface area contributed by atoms with Crippen LogP contribution in [0.15, 0.2) is 10.7 Å². The molecule has 0 aliphatic heterocycles. The summed E-state index contributed by atoms with van der Waals surface area (Å²) in [5, 5.41) is 14.5. The molecule has 1 aliphatic rings. The van der Waals surface area contributed by atoms with Crippen LogP contribution in [0.3, 0.4) is 0 Å². The van der Waals surface area contributed by atoms with E-state index in [1.165, 1.54) is 0 Å². The molecule has 0 amide bonds. The van der Waals surface area contributed by atoms with Crippen molar-refractivity contribution in [3.8, 4) is 0 Å². The van der Waals surface area contributed by atoms with Gasteiger partial charge in [0.15, 0.2) is 0 Å². The second-order valence-electron chi connectivity index (χ2n) is 4.95. The third-order valence-corrected chi connectivity index (χ3v) is 3.89. The summed E-state index contributed by atoms with van der Waals surface area (Å²) >= 11 is 3.34. The van der Waals surface area contributed by atoms with Crippen LogP contribution in [0.2, 0.25) is 0 Å². The predicted molar refractivity (Wildman–Crippen MR) is 68.1 cm³/mol. The van der Waals surface area contributed by atoms with E-state index in [0.717, 1.165) is 12.8 Å². The van der Waals surface area contributed by atoms with E-state index in [9.17, 15) is 9.90 Å². The summed E-state index contributed by atoms with van der Waals surface area (Å²) in [5.41, 5.74) is -0.695. The minimum Gasteiger partial charge on any atom is -0.382 e. The zero-order valence-electron chi connectivity index (χ0n) is 10.1. The molecule has 1 aromatic heterocycles. The molecule has 1 fully saturated rings. The molecular formula is C12H17BrN2O2. The number of aromatic nitrogens is 2. The minimum atomic E-state index is -1.19. The predicted octanol–water partition coefficient (Wildman–Crippen LogP) is 2.71. The molecule has 5 heteroatoms. The van der Waals surface area contributed by atoms with Gasteiger partial charge in [0.2, 0.25) is 5.78 Å². The van der Waals surface area contributed by atoms with Gasteiger partial charge in [-0.05, 0) is 55.5 Å². The van der Waals surface area contributed by atoms with Crippen molar-refractivity contribution in [3.63, 3.8) is 0 Å². The maximum absolute atomic E-state index is 12.4. The molecule has 0 saturated heterocycles. The summed E-state index contributed by atoms with van der Waals surface area (Å²) in [6.07, 6.45) is 4.56. The standard InChI is InChI=1S/C12H17BrN2O2/c1-8(2)15-10(9(13)7-14-15)11(16)12(17)5-3-4-6-12/h7-8,17H,3-6H2,1-2H3. The molecule has 17 heavy (non-hydrogen) atoms. The van der Waals surface area contributed by atoms with Gasteiger partial charge >= 0.3 is 0 Å². The second-order valence-corrected chi connectivity index (χ2v) is 5.80. The summed E-state index contributed by atoms with van der Waals surface area (Å²) in [7, 11) is 0. The first-order valence-corrected chi connectivity index (χ1v) is 6.75. The number of hydrogen-bond donors (Lipinski definition) is 1. The Balaban J connectivity index is 2.39. The number of carbonyl (C=O) groups excluding carboxylic acids is 1. The third-order valence-electron chi connectivity index (χ3n) is 3.31. The van der Waals surface area contributed by atoms with Crippen molar-refractivity contribution in [1.29, 1.82) is 0 Å². The first kappa shape index (κ1) is 12.8. The highest BCUT2D eigenvalue weighted by molar-refractivity contribution is 9.10. The quantitative estimate of drug-likeness (QED) is 0.873. The van der Waals surface area contributed by atoms with Crippen LogP contribution in [0.5, 0.6) is 0 Å². The van der Waals surface area contributed by atoms with Crippen molar-refractivity contribution in [2.45, 2.75) is 51.2 Å². The van der Waals surface area contributed by atoms with Crippen LogP contribution in [-0.4, -0.2) is 26.3 Å². The van der Waals surface area contributed by atoms with E-state index >= 15 is 0 Å². The van der Waals surface area contributed by atoms with Crippen LogP contribution >= 0.6 is 15.9 Å². The van der Waals surface area contributed by atoms with Crippen LogP contribution in [-0.2, 0) is 0 Å². The van der Waals surface area contributed by atoms with Crippen LogP contribution in [0.4, 0.5) is 0 Å². The van der Waals surface area contributed by atoms with E-state index < -0.39 is 5.60 Å². The molecule has 1 aromatic rings. The van der Waals surface area contributed by atoms with Crippen LogP contribution in [0.1, 0.15) is 56.1 Å². The largest absolute Gasteiger partial charge is 0.382 e. The lowest BCUT2D eigenvalue weighted by molar-refractivity contribution is 0.0339. The fourth-order valence-electron chi connectivity index (χ4n) is 2.35. The third kappa shape index (κ3) is 2.18. The Morgan fingerprint density at radius 2 is 2.12 bits per heavy atom. The number of halogens is 1. The molecule has 2 rings (SSSR count).